The molecule has 6 nitrogen and oxygen atoms in total. The van der Waals surface area contributed by atoms with Crippen LogP contribution in [0.15, 0.2) is 18.2 Å². The smallest absolute Gasteiger partial charge is 0.246 e. The van der Waals surface area contributed by atoms with Crippen molar-refractivity contribution in [2.45, 2.75) is 39.2 Å². The molecule has 1 aliphatic carbocycles. The van der Waals surface area contributed by atoms with Crippen LogP contribution in [0.4, 0.5) is 0 Å². The van der Waals surface area contributed by atoms with E-state index in [1.165, 1.54) is 0 Å². The highest BCUT2D eigenvalue weighted by Crippen LogP contribution is 2.36. The molecule has 1 saturated heterocycles. The van der Waals surface area contributed by atoms with Crippen LogP contribution < -0.4 is 9.47 Å². The standard InChI is InChI=1S/C22H28N2O4/c1-3-27-19-14-18-12-15(2)28-20(18)13-17(19)6-7-21(25)23-8-10-24(11-9-23)22(26)16-4-5-16/h6-7,13-16H,3-5,8-12H2,1-2H3. The normalized spacial score (nSPS) is 21.6. The summed E-state index contributed by atoms with van der Waals surface area (Å²) in [5.41, 5.74) is 2.00. The van der Waals surface area contributed by atoms with Crippen molar-refractivity contribution in [2.75, 3.05) is 32.8 Å². The van der Waals surface area contributed by atoms with E-state index in [9.17, 15) is 9.59 Å². The number of nitrogens with zero attached hydrogens (tertiary/aromatic N) is 2. The van der Waals surface area contributed by atoms with Gasteiger partial charge in [0.15, 0.2) is 0 Å². The van der Waals surface area contributed by atoms with Crippen LogP contribution in [0.25, 0.3) is 6.08 Å². The first kappa shape index (κ1) is 18.8. The lowest BCUT2D eigenvalue weighted by molar-refractivity contribution is -0.138. The summed E-state index contributed by atoms with van der Waals surface area (Å²) in [6, 6.07) is 3.98. The lowest BCUT2D eigenvalue weighted by Gasteiger charge is -2.34. The van der Waals surface area contributed by atoms with Gasteiger partial charge in [-0.2, -0.15) is 0 Å². The van der Waals surface area contributed by atoms with Gasteiger partial charge in [-0.25, -0.2) is 0 Å². The Labute approximate surface area is 166 Å². The molecule has 2 fully saturated rings. The van der Waals surface area contributed by atoms with E-state index in [-0.39, 0.29) is 23.8 Å². The molecule has 2 heterocycles. The van der Waals surface area contributed by atoms with Gasteiger partial charge in [-0.1, -0.05) is 0 Å². The number of carbonyl (C=O) groups excluding carboxylic acids is 2. The fourth-order valence-electron chi connectivity index (χ4n) is 3.87. The van der Waals surface area contributed by atoms with Gasteiger partial charge >= 0.3 is 0 Å². The van der Waals surface area contributed by atoms with E-state index in [4.69, 9.17) is 9.47 Å². The summed E-state index contributed by atoms with van der Waals surface area (Å²) in [6.07, 6.45) is 6.49. The number of piperazine rings is 1. The van der Waals surface area contributed by atoms with E-state index in [1.54, 1.807) is 11.0 Å². The van der Waals surface area contributed by atoms with Gasteiger partial charge in [0, 0.05) is 55.7 Å². The predicted octanol–water partition coefficient (Wildman–Crippen LogP) is 2.50. The van der Waals surface area contributed by atoms with E-state index >= 15 is 0 Å². The summed E-state index contributed by atoms with van der Waals surface area (Å²) in [4.78, 5) is 28.5. The Hall–Kier alpha value is -2.50. The molecule has 0 aromatic heterocycles. The molecular weight excluding hydrogens is 356 g/mol. The van der Waals surface area contributed by atoms with Gasteiger partial charge in [0.2, 0.25) is 11.8 Å². The SMILES string of the molecule is CCOc1cc2c(cc1C=CC(=O)N1CCN(C(=O)C3CC3)CC1)OC(C)C2. The average Bonchev–Trinajstić information content (AvgIpc) is 3.48. The van der Waals surface area contributed by atoms with Crippen molar-refractivity contribution in [3.63, 3.8) is 0 Å². The predicted molar refractivity (Wildman–Crippen MR) is 106 cm³/mol. The number of carbonyl (C=O) groups is 2. The van der Waals surface area contributed by atoms with Crippen LogP contribution in [-0.4, -0.2) is 60.5 Å². The summed E-state index contributed by atoms with van der Waals surface area (Å²) in [6.45, 7) is 7.00. The van der Waals surface area contributed by atoms with E-state index in [0.717, 1.165) is 41.9 Å². The van der Waals surface area contributed by atoms with Gasteiger partial charge < -0.3 is 19.3 Å². The third-order valence-corrected chi connectivity index (χ3v) is 5.56. The highest BCUT2D eigenvalue weighted by molar-refractivity contribution is 5.92. The van der Waals surface area contributed by atoms with E-state index in [2.05, 4.69) is 0 Å². The second-order valence-electron chi connectivity index (χ2n) is 7.82. The minimum Gasteiger partial charge on any atom is -0.493 e. The molecule has 150 valence electrons. The molecule has 1 unspecified atom stereocenters. The van der Waals surface area contributed by atoms with Gasteiger partial charge in [-0.05, 0) is 44.9 Å². The molecule has 0 bridgehead atoms. The number of hydrogen-bond donors (Lipinski definition) is 0. The monoisotopic (exact) mass is 384 g/mol. The molecule has 1 atom stereocenters. The van der Waals surface area contributed by atoms with E-state index < -0.39 is 0 Å². The van der Waals surface area contributed by atoms with Crippen molar-refractivity contribution in [1.29, 1.82) is 0 Å². The van der Waals surface area contributed by atoms with Crippen LogP contribution in [0, 0.1) is 5.92 Å². The molecule has 1 aromatic rings. The summed E-state index contributed by atoms with van der Waals surface area (Å²) < 4.78 is 11.6. The third kappa shape index (κ3) is 4.01. The molecule has 2 aliphatic heterocycles. The van der Waals surface area contributed by atoms with E-state index in [0.29, 0.717) is 32.8 Å². The molecule has 0 N–H and O–H groups in total. The Morgan fingerprint density at radius 2 is 1.89 bits per heavy atom. The third-order valence-electron chi connectivity index (χ3n) is 5.56. The quantitative estimate of drug-likeness (QED) is 0.732. The zero-order valence-electron chi connectivity index (χ0n) is 16.6. The summed E-state index contributed by atoms with van der Waals surface area (Å²) >= 11 is 0. The maximum absolute atomic E-state index is 12.6. The Morgan fingerprint density at radius 1 is 1.18 bits per heavy atom. The number of amides is 2. The molecular formula is C22H28N2O4. The van der Waals surface area contributed by atoms with Crippen LogP contribution in [-0.2, 0) is 16.0 Å². The maximum atomic E-state index is 12.6. The minimum atomic E-state index is -0.0317. The first-order valence-electron chi connectivity index (χ1n) is 10.3. The van der Waals surface area contributed by atoms with E-state index in [1.807, 2.05) is 37.0 Å². The first-order valence-corrected chi connectivity index (χ1v) is 10.3. The van der Waals surface area contributed by atoms with Crippen molar-refractivity contribution >= 4 is 17.9 Å². The number of hydrogen-bond acceptors (Lipinski definition) is 4. The zero-order valence-corrected chi connectivity index (χ0v) is 16.6. The largest absolute Gasteiger partial charge is 0.493 e. The molecule has 1 aromatic carbocycles. The molecule has 3 aliphatic rings. The molecule has 4 rings (SSSR count). The number of fused-ring (bicyclic) bond motifs is 1. The highest BCUT2D eigenvalue weighted by atomic mass is 16.5. The lowest BCUT2D eigenvalue weighted by atomic mass is 10.1. The number of benzene rings is 1. The Kier molecular flexibility index (Phi) is 5.29. The second kappa shape index (κ2) is 7.86. The average molecular weight is 384 g/mol. The number of ether oxygens (including phenoxy) is 2. The van der Waals surface area contributed by atoms with Gasteiger partial charge in [0.25, 0.3) is 0 Å². The van der Waals surface area contributed by atoms with Gasteiger partial charge in [-0.15, -0.1) is 0 Å². The van der Waals surface area contributed by atoms with Crippen molar-refractivity contribution < 1.29 is 19.1 Å². The molecule has 1 saturated carbocycles. The van der Waals surface area contributed by atoms with Crippen molar-refractivity contribution in [3.05, 3.63) is 29.3 Å². The molecule has 0 radical (unpaired) electrons. The van der Waals surface area contributed by atoms with Gasteiger partial charge in [0.05, 0.1) is 6.61 Å². The minimum absolute atomic E-state index is 0.0317. The van der Waals surface area contributed by atoms with Crippen molar-refractivity contribution in [3.8, 4) is 11.5 Å². The topological polar surface area (TPSA) is 59.1 Å². The first-order chi connectivity index (χ1) is 13.5. The summed E-state index contributed by atoms with van der Waals surface area (Å²) in [5.74, 6) is 2.12. The van der Waals surface area contributed by atoms with Crippen LogP contribution >= 0.6 is 0 Å². The summed E-state index contributed by atoms with van der Waals surface area (Å²) in [5, 5.41) is 0. The fourth-order valence-corrected chi connectivity index (χ4v) is 3.87. The highest BCUT2D eigenvalue weighted by Gasteiger charge is 2.35. The fraction of sp³-hybridized carbons (Fsp3) is 0.545. The lowest BCUT2D eigenvalue weighted by Crippen LogP contribution is -2.50. The Bertz CT molecular complexity index is 792. The van der Waals surface area contributed by atoms with Gasteiger partial charge in [0.1, 0.15) is 17.6 Å². The van der Waals surface area contributed by atoms with Crippen molar-refractivity contribution in [2.24, 2.45) is 5.92 Å². The van der Waals surface area contributed by atoms with Crippen LogP contribution in [0.3, 0.4) is 0 Å². The molecule has 6 heteroatoms. The van der Waals surface area contributed by atoms with Crippen LogP contribution in [0.2, 0.25) is 0 Å². The maximum Gasteiger partial charge on any atom is 0.246 e. The molecule has 28 heavy (non-hydrogen) atoms. The van der Waals surface area contributed by atoms with Crippen molar-refractivity contribution in [1.82, 2.24) is 9.80 Å². The second-order valence-corrected chi connectivity index (χ2v) is 7.82. The molecule has 2 amide bonds. The van der Waals surface area contributed by atoms with Crippen LogP contribution in [0.5, 0.6) is 11.5 Å². The summed E-state index contributed by atoms with van der Waals surface area (Å²) in [7, 11) is 0. The molecule has 0 spiro atoms. The zero-order chi connectivity index (χ0) is 19.7. The number of rotatable bonds is 5. The van der Waals surface area contributed by atoms with Crippen LogP contribution in [0.1, 0.15) is 37.8 Å². The Morgan fingerprint density at radius 3 is 2.57 bits per heavy atom. The van der Waals surface area contributed by atoms with Gasteiger partial charge in [-0.3, -0.25) is 9.59 Å². The Balaban J connectivity index is 1.40.